The number of ether oxygens (including phenoxy) is 2. The van der Waals surface area contributed by atoms with Crippen LogP contribution in [0.1, 0.15) is 27.6 Å². The number of carboxylic acids is 2. The Bertz CT molecular complexity index is 562. The molecule has 0 aromatic heterocycles. The zero-order chi connectivity index (χ0) is 15.3. The highest BCUT2D eigenvalue weighted by Gasteiger charge is 2.22. The number of aromatic carboxylic acids is 2. The average Bonchev–Trinajstić information content (AvgIpc) is 2.37. The van der Waals surface area contributed by atoms with Gasteiger partial charge >= 0.3 is 17.9 Å². The van der Waals surface area contributed by atoms with E-state index in [1.807, 2.05) is 0 Å². The summed E-state index contributed by atoms with van der Waals surface area (Å²) in [5.41, 5.74) is -0.932. The molecule has 20 heavy (non-hydrogen) atoms. The number of carbonyl (C=O) groups excluding carboxylic acids is 1. The van der Waals surface area contributed by atoms with Crippen LogP contribution < -0.4 is 4.74 Å². The zero-order valence-electron chi connectivity index (χ0n) is 10.5. The topological polar surface area (TPSA) is 110 Å². The molecular weight excluding hydrogens is 268 g/mol. The van der Waals surface area contributed by atoms with E-state index in [0.717, 1.165) is 12.1 Å². The van der Waals surface area contributed by atoms with E-state index in [1.165, 1.54) is 19.1 Å². The van der Waals surface area contributed by atoms with Gasteiger partial charge in [-0.05, 0) is 12.1 Å². The molecule has 7 nitrogen and oxygen atoms in total. The Labute approximate surface area is 114 Å². The van der Waals surface area contributed by atoms with Crippen LogP contribution in [0.5, 0.6) is 5.75 Å². The largest absolute Gasteiger partial charge is 0.478 e. The van der Waals surface area contributed by atoms with Crippen molar-refractivity contribution in [3.05, 3.63) is 42.0 Å². The molecule has 106 valence electrons. The fraction of sp³-hybridized carbons (Fsp3) is 0.154. The number of carboxylic acid groups (broad SMARTS) is 2. The first-order valence-corrected chi connectivity index (χ1v) is 5.46. The highest BCUT2D eigenvalue weighted by Crippen LogP contribution is 2.24. The minimum atomic E-state index is -1.46. The lowest BCUT2D eigenvalue weighted by Crippen LogP contribution is -2.21. The Morgan fingerprint density at radius 3 is 2.40 bits per heavy atom. The molecule has 0 saturated carbocycles. The van der Waals surface area contributed by atoms with Crippen LogP contribution in [0.2, 0.25) is 0 Å². The monoisotopic (exact) mass is 280 g/mol. The lowest BCUT2D eigenvalue weighted by atomic mass is 10.1. The van der Waals surface area contributed by atoms with Crippen LogP contribution in [0.4, 0.5) is 0 Å². The fourth-order valence-electron chi connectivity index (χ4n) is 1.44. The molecule has 1 aromatic rings. The number of carbonyl (C=O) groups is 3. The quantitative estimate of drug-likeness (QED) is 0.462. The summed E-state index contributed by atoms with van der Waals surface area (Å²) in [6.45, 7) is 4.56. The second-order valence-electron chi connectivity index (χ2n) is 3.62. The second kappa shape index (κ2) is 6.37. The van der Waals surface area contributed by atoms with Gasteiger partial charge in [0, 0.05) is 13.0 Å². The third kappa shape index (κ3) is 3.58. The van der Waals surface area contributed by atoms with Gasteiger partial charge in [0.1, 0.15) is 11.3 Å². The van der Waals surface area contributed by atoms with Crippen molar-refractivity contribution in [3.63, 3.8) is 0 Å². The molecule has 0 fully saturated rings. The van der Waals surface area contributed by atoms with Crippen molar-refractivity contribution in [3.8, 4) is 5.75 Å². The van der Waals surface area contributed by atoms with Crippen LogP contribution in [0.25, 0.3) is 0 Å². The first-order chi connectivity index (χ1) is 9.36. The highest BCUT2D eigenvalue weighted by molar-refractivity contribution is 6.03. The van der Waals surface area contributed by atoms with Crippen molar-refractivity contribution in [1.82, 2.24) is 0 Å². The summed E-state index contributed by atoms with van der Waals surface area (Å²) in [5, 5.41) is 18.0. The van der Waals surface area contributed by atoms with Crippen molar-refractivity contribution >= 4 is 17.9 Å². The Morgan fingerprint density at radius 1 is 1.25 bits per heavy atom. The lowest BCUT2D eigenvalue weighted by molar-refractivity contribution is -0.154. The molecule has 0 amide bonds. The number of esters is 1. The van der Waals surface area contributed by atoms with Crippen molar-refractivity contribution in [1.29, 1.82) is 0 Å². The van der Waals surface area contributed by atoms with Crippen LogP contribution in [0.3, 0.4) is 0 Å². The van der Waals surface area contributed by atoms with Crippen molar-refractivity contribution in [2.75, 3.05) is 0 Å². The van der Waals surface area contributed by atoms with Crippen molar-refractivity contribution in [2.45, 2.75) is 13.2 Å². The number of hydrogen-bond donors (Lipinski definition) is 2. The third-order valence-corrected chi connectivity index (χ3v) is 2.21. The molecule has 0 saturated heterocycles. The molecule has 0 aliphatic rings. The van der Waals surface area contributed by atoms with Gasteiger partial charge in [0.05, 0.1) is 5.56 Å². The number of benzene rings is 1. The maximum Gasteiger partial charge on any atom is 0.340 e. The van der Waals surface area contributed by atoms with Crippen LogP contribution in [-0.4, -0.2) is 34.4 Å². The summed E-state index contributed by atoms with van der Waals surface area (Å²) in [7, 11) is 0. The van der Waals surface area contributed by atoms with Crippen LogP contribution in [0, 0.1) is 0 Å². The summed E-state index contributed by atoms with van der Waals surface area (Å²) in [6.07, 6.45) is -0.173. The van der Waals surface area contributed by atoms with Gasteiger partial charge in [0.25, 0.3) is 0 Å². The maximum atomic E-state index is 11.1. The van der Waals surface area contributed by atoms with Gasteiger partial charge in [-0.2, -0.15) is 0 Å². The van der Waals surface area contributed by atoms with Gasteiger partial charge in [-0.3, -0.25) is 0 Å². The van der Waals surface area contributed by atoms with E-state index in [1.54, 1.807) is 0 Å². The number of hydrogen-bond acceptors (Lipinski definition) is 5. The van der Waals surface area contributed by atoms with E-state index < -0.39 is 35.3 Å². The zero-order valence-corrected chi connectivity index (χ0v) is 10.5. The van der Waals surface area contributed by atoms with Gasteiger partial charge in [-0.25, -0.2) is 14.4 Å². The summed E-state index contributed by atoms with van der Waals surface area (Å²) < 4.78 is 9.85. The lowest BCUT2D eigenvalue weighted by Gasteiger charge is -2.16. The Balaban J connectivity index is 3.09. The molecule has 0 aliphatic carbocycles. The SMILES string of the molecule is C=CC(=O)OC(C)Oc1cccc(C(=O)O)c1C(=O)O. The van der Waals surface area contributed by atoms with Crippen LogP contribution >= 0.6 is 0 Å². The van der Waals surface area contributed by atoms with Crippen molar-refractivity contribution in [2.24, 2.45) is 0 Å². The molecule has 1 aromatic carbocycles. The molecule has 2 N–H and O–H groups in total. The van der Waals surface area contributed by atoms with Gasteiger partial charge in [0.2, 0.25) is 6.29 Å². The van der Waals surface area contributed by atoms with Gasteiger partial charge < -0.3 is 19.7 Å². The first kappa shape index (κ1) is 15.2. The molecule has 0 heterocycles. The van der Waals surface area contributed by atoms with Gasteiger partial charge in [-0.15, -0.1) is 0 Å². The predicted molar refractivity (Wildman–Crippen MR) is 66.7 cm³/mol. The Morgan fingerprint density at radius 2 is 1.90 bits per heavy atom. The van der Waals surface area contributed by atoms with Gasteiger partial charge in [-0.1, -0.05) is 12.6 Å². The standard InChI is InChI=1S/C13H12O7/c1-3-10(14)20-7(2)19-9-6-4-5-8(12(15)16)11(9)13(17)18/h3-7H,1H2,2H3,(H,15,16)(H,17,18). The molecule has 0 bridgehead atoms. The minimum Gasteiger partial charge on any atom is -0.478 e. The Hall–Kier alpha value is -2.83. The molecule has 7 heteroatoms. The van der Waals surface area contributed by atoms with E-state index in [4.69, 9.17) is 19.7 Å². The first-order valence-electron chi connectivity index (χ1n) is 5.46. The Kier molecular flexibility index (Phi) is 4.85. The highest BCUT2D eigenvalue weighted by atomic mass is 16.7. The average molecular weight is 280 g/mol. The number of rotatable bonds is 6. The van der Waals surface area contributed by atoms with E-state index in [-0.39, 0.29) is 5.75 Å². The van der Waals surface area contributed by atoms with E-state index in [9.17, 15) is 14.4 Å². The molecule has 1 atom stereocenters. The van der Waals surface area contributed by atoms with Crippen molar-refractivity contribution < 1.29 is 34.1 Å². The van der Waals surface area contributed by atoms with Crippen LogP contribution in [-0.2, 0) is 9.53 Å². The minimum absolute atomic E-state index is 0.207. The maximum absolute atomic E-state index is 11.1. The predicted octanol–water partition coefficient (Wildman–Crippen LogP) is 1.54. The van der Waals surface area contributed by atoms with E-state index in [0.29, 0.717) is 0 Å². The van der Waals surface area contributed by atoms with E-state index in [2.05, 4.69) is 6.58 Å². The third-order valence-electron chi connectivity index (χ3n) is 2.21. The molecular formula is C13H12O7. The fourth-order valence-corrected chi connectivity index (χ4v) is 1.44. The van der Waals surface area contributed by atoms with Gasteiger partial charge in [0.15, 0.2) is 0 Å². The van der Waals surface area contributed by atoms with Crippen LogP contribution in [0.15, 0.2) is 30.9 Å². The summed E-state index contributed by atoms with van der Waals surface area (Å²) >= 11 is 0. The molecule has 1 unspecified atom stereocenters. The molecule has 0 aliphatic heterocycles. The normalized spacial score (nSPS) is 11.2. The second-order valence-corrected chi connectivity index (χ2v) is 3.62. The molecule has 0 radical (unpaired) electrons. The molecule has 0 spiro atoms. The van der Waals surface area contributed by atoms with E-state index >= 15 is 0 Å². The summed E-state index contributed by atoms with van der Waals surface area (Å²) in [4.78, 5) is 33.1. The molecule has 1 rings (SSSR count). The smallest absolute Gasteiger partial charge is 0.340 e. The summed E-state index contributed by atoms with van der Waals surface area (Å²) in [5.74, 6) is -3.81. The summed E-state index contributed by atoms with van der Waals surface area (Å²) in [6, 6.07) is 3.74.